The van der Waals surface area contributed by atoms with E-state index in [0.29, 0.717) is 17.6 Å². The molecule has 2 aliphatic rings. The van der Waals surface area contributed by atoms with Gasteiger partial charge in [0.25, 0.3) is 0 Å². The van der Waals surface area contributed by atoms with Crippen LogP contribution in [0.3, 0.4) is 0 Å². The van der Waals surface area contributed by atoms with E-state index in [-0.39, 0.29) is 24.4 Å². The summed E-state index contributed by atoms with van der Waals surface area (Å²) < 4.78 is 0. The van der Waals surface area contributed by atoms with Crippen LogP contribution in [0.1, 0.15) is 25.7 Å². The summed E-state index contributed by atoms with van der Waals surface area (Å²) in [6, 6.07) is 0.250. The monoisotopic (exact) mass is 310 g/mol. The largest absolute Gasteiger partial charge is 0.355 e. The van der Waals surface area contributed by atoms with Gasteiger partial charge < -0.3 is 11.1 Å². The Balaban J connectivity index is 0.00000162. The quantitative estimate of drug-likeness (QED) is 0.832. The highest BCUT2D eigenvalue weighted by Crippen LogP contribution is 2.27. The molecule has 0 aromatic rings. The second kappa shape index (κ2) is 8.56. The van der Waals surface area contributed by atoms with E-state index in [2.05, 4.69) is 5.32 Å². The van der Waals surface area contributed by atoms with Gasteiger partial charge in [0.1, 0.15) is 0 Å². The molecule has 0 spiro atoms. The number of hydrogen-bond acceptors (Lipinski definition) is 4. The molecule has 18 heavy (non-hydrogen) atoms. The Hall–Kier alpha value is 0.420. The van der Waals surface area contributed by atoms with Crippen molar-refractivity contribution in [3.63, 3.8) is 0 Å². The molecule has 3 nitrogen and oxygen atoms in total. The SMILES string of the molecule is Cl.N[C@@H]1CCC[C@H]1CC(=O)NCC1CSCCS1. The molecule has 2 fully saturated rings. The van der Waals surface area contributed by atoms with E-state index in [0.717, 1.165) is 19.4 Å². The molecule has 0 aromatic carbocycles. The molecule has 3 atom stereocenters. The van der Waals surface area contributed by atoms with Crippen LogP contribution in [-0.4, -0.2) is 41.0 Å². The van der Waals surface area contributed by atoms with Gasteiger partial charge in [-0.3, -0.25) is 4.79 Å². The highest BCUT2D eigenvalue weighted by atomic mass is 35.5. The lowest BCUT2D eigenvalue weighted by atomic mass is 10.00. The second-order valence-electron chi connectivity index (χ2n) is 4.93. The third-order valence-corrected chi connectivity index (χ3v) is 6.42. The molecule has 1 aliphatic heterocycles. The molecule has 1 saturated carbocycles. The van der Waals surface area contributed by atoms with Crippen LogP contribution in [0.15, 0.2) is 0 Å². The Labute approximate surface area is 124 Å². The van der Waals surface area contributed by atoms with Crippen molar-refractivity contribution in [2.45, 2.75) is 37.0 Å². The first-order chi connectivity index (χ1) is 8.25. The van der Waals surface area contributed by atoms with Crippen molar-refractivity contribution < 1.29 is 4.79 Å². The standard InChI is InChI=1S/C12H22N2OS2.ClH/c13-11-3-1-2-9(11)6-12(15)14-7-10-8-16-4-5-17-10;/h9-11H,1-8,13H2,(H,14,15);1H/t9-,10?,11+;/m0./s1. The van der Waals surface area contributed by atoms with Crippen LogP contribution in [0.4, 0.5) is 0 Å². The lowest BCUT2D eigenvalue weighted by Crippen LogP contribution is -2.36. The van der Waals surface area contributed by atoms with Gasteiger partial charge in [0, 0.05) is 41.5 Å². The van der Waals surface area contributed by atoms with Gasteiger partial charge in [-0.1, -0.05) is 6.42 Å². The predicted molar refractivity (Wildman–Crippen MR) is 83.8 cm³/mol. The van der Waals surface area contributed by atoms with Gasteiger partial charge >= 0.3 is 0 Å². The predicted octanol–water partition coefficient (Wildman–Crippen LogP) is 1.89. The van der Waals surface area contributed by atoms with E-state index in [4.69, 9.17) is 5.73 Å². The summed E-state index contributed by atoms with van der Waals surface area (Å²) >= 11 is 3.98. The average molecular weight is 311 g/mol. The third-order valence-electron chi connectivity index (χ3n) is 3.58. The number of thioether (sulfide) groups is 2. The van der Waals surface area contributed by atoms with E-state index < -0.39 is 0 Å². The van der Waals surface area contributed by atoms with Crippen LogP contribution >= 0.6 is 35.9 Å². The van der Waals surface area contributed by atoms with E-state index >= 15 is 0 Å². The summed E-state index contributed by atoms with van der Waals surface area (Å²) in [6.45, 7) is 0.832. The van der Waals surface area contributed by atoms with Crippen molar-refractivity contribution in [2.24, 2.45) is 11.7 Å². The maximum atomic E-state index is 11.8. The Morgan fingerprint density at radius 2 is 2.17 bits per heavy atom. The van der Waals surface area contributed by atoms with Crippen LogP contribution in [0.25, 0.3) is 0 Å². The zero-order valence-corrected chi connectivity index (χ0v) is 13.0. The number of nitrogens with two attached hydrogens (primary N) is 1. The van der Waals surface area contributed by atoms with Gasteiger partial charge in [-0.25, -0.2) is 0 Å². The Morgan fingerprint density at radius 3 is 2.78 bits per heavy atom. The van der Waals surface area contributed by atoms with Crippen molar-refractivity contribution in [2.75, 3.05) is 23.8 Å². The lowest BCUT2D eigenvalue weighted by molar-refractivity contribution is -0.122. The number of nitrogens with one attached hydrogen (secondary N) is 1. The van der Waals surface area contributed by atoms with Crippen LogP contribution in [0, 0.1) is 5.92 Å². The first-order valence-electron chi connectivity index (χ1n) is 6.47. The second-order valence-corrected chi connectivity index (χ2v) is 7.49. The molecule has 1 unspecified atom stereocenters. The van der Waals surface area contributed by atoms with Crippen LogP contribution < -0.4 is 11.1 Å². The maximum absolute atomic E-state index is 11.8. The molecule has 0 radical (unpaired) electrons. The number of carbonyl (C=O) groups is 1. The zero-order valence-electron chi connectivity index (χ0n) is 10.6. The molecule has 2 rings (SSSR count). The maximum Gasteiger partial charge on any atom is 0.220 e. The Bertz CT molecular complexity index is 262. The van der Waals surface area contributed by atoms with Crippen molar-refractivity contribution in [3.8, 4) is 0 Å². The minimum atomic E-state index is 0. The van der Waals surface area contributed by atoms with E-state index in [1.807, 2.05) is 23.5 Å². The summed E-state index contributed by atoms with van der Waals surface area (Å²) in [5.74, 6) is 4.27. The van der Waals surface area contributed by atoms with Gasteiger partial charge in [0.15, 0.2) is 0 Å². The normalized spacial score (nSPS) is 31.7. The summed E-state index contributed by atoms with van der Waals surface area (Å²) in [7, 11) is 0. The fourth-order valence-electron chi connectivity index (χ4n) is 2.51. The molecule has 1 saturated heterocycles. The highest BCUT2D eigenvalue weighted by Gasteiger charge is 2.26. The molecule has 0 bridgehead atoms. The summed E-state index contributed by atoms with van der Waals surface area (Å²) in [5, 5.41) is 3.68. The first kappa shape index (κ1) is 16.5. The Kier molecular flexibility index (Phi) is 7.84. The van der Waals surface area contributed by atoms with Gasteiger partial charge in [-0.2, -0.15) is 23.5 Å². The van der Waals surface area contributed by atoms with Crippen molar-refractivity contribution in [3.05, 3.63) is 0 Å². The molecule has 6 heteroatoms. The topological polar surface area (TPSA) is 55.1 Å². The average Bonchev–Trinajstić information content (AvgIpc) is 2.74. The zero-order chi connectivity index (χ0) is 12.1. The van der Waals surface area contributed by atoms with Crippen LogP contribution in [-0.2, 0) is 4.79 Å². The molecular formula is C12H23ClN2OS2. The molecule has 3 N–H and O–H groups in total. The smallest absolute Gasteiger partial charge is 0.220 e. The fourth-order valence-corrected chi connectivity index (χ4v) is 5.12. The minimum absolute atomic E-state index is 0. The molecule has 1 amide bonds. The molecular weight excluding hydrogens is 288 g/mol. The van der Waals surface area contributed by atoms with Crippen molar-refractivity contribution >= 4 is 41.8 Å². The van der Waals surface area contributed by atoms with Gasteiger partial charge in [-0.05, 0) is 18.8 Å². The number of carbonyl (C=O) groups excluding carboxylic acids is 1. The third kappa shape index (κ3) is 5.19. The van der Waals surface area contributed by atoms with E-state index in [9.17, 15) is 4.79 Å². The molecule has 1 aliphatic carbocycles. The van der Waals surface area contributed by atoms with Gasteiger partial charge in [0.2, 0.25) is 5.91 Å². The molecule has 1 heterocycles. The fraction of sp³-hybridized carbons (Fsp3) is 0.917. The number of rotatable bonds is 4. The Morgan fingerprint density at radius 1 is 1.33 bits per heavy atom. The molecule has 106 valence electrons. The van der Waals surface area contributed by atoms with Gasteiger partial charge in [0.05, 0.1) is 0 Å². The van der Waals surface area contributed by atoms with Crippen molar-refractivity contribution in [1.29, 1.82) is 0 Å². The van der Waals surface area contributed by atoms with E-state index in [1.165, 1.54) is 23.7 Å². The van der Waals surface area contributed by atoms with Gasteiger partial charge in [-0.15, -0.1) is 12.4 Å². The van der Waals surface area contributed by atoms with Crippen LogP contribution in [0.5, 0.6) is 0 Å². The minimum Gasteiger partial charge on any atom is -0.355 e. The number of amides is 1. The lowest BCUT2D eigenvalue weighted by Gasteiger charge is -2.22. The summed E-state index contributed by atoms with van der Waals surface area (Å²) in [4.78, 5) is 11.8. The van der Waals surface area contributed by atoms with E-state index in [1.54, 1.807) is 0 Å². The summed E-state index contributed by atoms with van der Waals surface area (Å²) in [6.07, 6.45) is 4.04. The summed E-state index contributed by atoms with van der Waals surface area (Å²) in [5.41, 5.74) is 5.98. The first-order valence-corrected chi connectivity index (χ1v) is 8.67. The number of hydrogen-bond donors (Lipinski definition) is 2. The van der Waals surface area contributed by atoms with Crippen molar-refractivity contribution in [1.82, 2.24) is 5.32 Å². The number of halogens is 1. The highest BCUT2D eigenvalue weighted by molar-refractivity contribution is 8.06. The van der Waals surface area contributed by atoms with Crippen LogP contribution in [0.2, 0.25) is 0 Å². The molecule has 0 aromatic heterocycles.